The van der Waals surface area contributed by atoms with Crippen LogP contribution in [-0.2, 0) is 4.79 Å². The first-order valence-corrected chi connectivity index (χ1v) is 10.8. The predicted molar refractivity (Wildman–Crippen MR) is 123 cm³/mol. The summed E-state index contributed by atoms with van der Waals surface area (Å²) in [5, 5.41) is 7.55. The van der Waals surface area contributed by atoms with Crippen molar-refractivity contribution in [3.8, 4) is 0 Å². The summed E-state index contributed by atoms with van der Waals surface area (Å²) in [6.07, 6.45) is 6.64. The highest BCUT2D eigenvalue weighted by molar-refractivity contribution is 6.42. The number of fused-ring (bicyclic) bond motifs is 1. The zero-order chi connectivity index (χ0) is 22.0. The zero-order valence-corrected chi connectivity index (χ0v) is 18.8. The van der Waals surface area contributed by atoms with Crippen molar-refractivity contribution in [2.24, 2.45) is 5.92 Å². The van der Waals surface area contributed by atoms with Crippen molar-refractivity contribution in [2.75, 3.05) is 24.7 Å². The van der Waals surface area contributed by atoms with Gasteiger partial charge in [0.2, 0.25) is 11.9 Å². The minimum Gasteiger partial charge on any atom is -0.351 e. The molecule has 1 aromatic carbocycles. The molecule has 162 valence electrons. The summed E-state index contributed by atoms with van der Waals surface area (Å²) in [4.78, 5) is 31.5. The first-order valence-electron chi connectivity index (χ1n) is 10.1. The van der Waals surface area contributed by atoms with Gasteiger partial charge in [0, 0.05) is 31.7 Å². The maximum Gasteiger partial charge on any atom is 0.225 e. The molecular weight excluding hydrogens is 437 g/mol. The van der Waals surface area contributed by atoms with Crippen molar-refractivity contribution in [3.63, 3.8) is 0 Å². The molecule has 0 atom stereocenters. The molecule has 1 fully saturated rings. The SMILES string of the molecule is CN(C)C(=O)[C@H]1CC[C@H](Nc2ncc3ncnc(Nc4ccc(Cl)c(Cl)c4)c3n2)CC1. The minimum absolute atomic E-state index is 0.0981. The highest BCUT2D eigenvalue weighted by atomic mass is 35.5. The average molecular weight is 460 g/mol. The smallest absolute Gasteiger partial charge is 0.225 e. The van der Waals surface area contributed by atoms with Gasteiger partial charge in [0.25, 0.3) is 0 Å². The quantitative estimate of drug-likeness (QED) is 0.578. The van der Waals surface area contributed by atoms with Crippen LogP contribution in [0.25, 0.3) is 11.0 Å². The van der Waals surface area contributed by atoms with Gasteiger partial charge in [-0.3, -0.25) is 4.79 Å². The van der Waals surface area contributed by atoms with E-state index in [1.807, 2.05) is 6.07 Å². The molecule has 0 bridgehead atoms. The lowest BCUT2D eigenvalue weighted by atomic mass is 9.85. The molecule has 0 spiro atoms. The van der Waals surface area contributed by atoms with Gasteiger partial charge in [0.05, 0.1) is 16.2 Å². The Morgan fingerprint density at radius 1 is 1.06 bits per heavy atom. The van der Waals surface area contributed by atoms with Gasteiger partial charge in [-0.2, -0.15) is 0 Å². The van der Waals surface area contributed by atoms with E-state index in [0.29, 0.717) is 32.8 Å². The van der Waals surface area contributed by atoms with E-state index in [1.54, 1.807) is 37.3 Å². The van der Waals surface area contributed by atoms with Gasteiger partial charge in [0.15, 0.2) is 5.82 Å². The van der Waals surface area contributed by atoms with Crippen molar-refractivity contribution >= 4 is 57.6 Å². The second kappa shape index (κ2) is 9.20. The average Bonchev–Trinajstić information content (AvgIpc) is 2.76. The van der Waals surface area contributed by atoms with Crippen LogP contribution in [0, 0.1) is 5.92 Å². The van der Waals surface area contributed by atoms with E-state index >= 15 is 0 Å². The van der Waals surface area contributed by atoms with Crippen LogP contribution < -0.4 is 10.6 Å². The maximum atomic E-state index is 12.2. The number of anilines is 3. The van der Waals surface area contributed by atoms with Crippen LogP contribution in [0.1, 0.15) is 25.7 Å². The third-order valence-electron chi connectivity index (χ3n) is 5.41. The van der Waals surface area contributed by atoms with Crippen LogP contribution >= 0.6 is 23.2 Å². The molecule has 31 heavy (non-hydrogen) atoms. The number of halogens is 2. The number of aromatic nitrogens is 4. The molecule has 1 saturated carbocycles. The Morgan fingerprint density at radius 3 is 2.55 bits per heavy atom. The molecule has 3 aromatic rings. The van der Waals surface area contributed by atoms with Crippen LogP contribution in [0.2, 0.25) is 10.0 Å². The summed E-state index contributed by atoms with van der Waals surface area (Å²) in [5.74, 6) is 1.37. The van der Waals surface area contributed by atoms with Crippen molar-refractivity contribution in [1.29, 1.82) is 0 Å². The third kappa shape index (κ3) is 4.97. The largest absolute Gasteiger partial charge is 0.351 e. The lowest BCUT2D eigenvalue weighted by Crippen LogP contribution is -2.35. The monoisotopic (exact) mass is 459 g/mol. The Balaban J connectivity index is 1.49. The molecule has 2 N–H and O–H groups in total. The van der Waals surface area contributed by atoms with Crippen molar-refractivity contribution < 1.29 is 4.79 Å². The highest BCUT2D eigenvalue weighted by Gasteiger charge is 2.27. The van der Waals surface area contributed by atoms with Gasteiger partial charge in [-0.1, -0.05) is 23.2 Å². The Hall–Kier alpha value is -2.71. The van der Waals surface area contributed by atoms with Gasteiger partial charge >= 0.3 is 0 Å². The first-order chi connectivity index (χ1) is 14.9. The summed E-state index contributed by atoms with van der Waals surface area (Å²) in [5.41, 5.74) is 1.97. The maximum absolute atomic E-state index is 12.2. The fourth-order valence-electron chi connectivity index (χ4n) is 3.76. The normalized spacial score (nSPS) is 18.6. The zero-order valence-electron chi connectivity index (χ0n) is 17.3. The summed E-state index contributed by atoms with van der Waals surface area (Å²) in [6.45, 7) is 0. The van der Waals surface area contributed by atoms with E-state index in [0.717, 1.165) is 31.4 Å². The number of rotatable bonds is 5. The third-order valence-corrected chi connectivity index (χ3v) is 6.15. The summed E-state index contributed by atoms with van der Waals surface area (Å²) in [7, 11) is 3.61. The number of benzene rings is 1. The van der Waals surface area contributed by atoms with E-state index in [9.17, 15) is 4.79 Å². The molecule has 4 rings (SSSR count). The molecule has 1 amide bonds. The molecule has 8 nitrogen and oxygen atoms in total. The van der Waals surface area contributed by atoms with Crippen LogP contribution in [0.15, 0.2) is 30.7 Å². The van der Waals surface area contributed by atoms with Gasteiger partial charge in [-0.15, -0.1) is 0 Å². The number of hydrogen-bond donors (Lipinski definition) is 2. The lowest BCUT2D eigenvalue weighted by Gasteiger charge is -2.29. The second-order valence-electron chi connectivity index (χ2n) is 7.83. The van der Waals surface area contributed by atoms with E-state index in [1.165, 1.54) is 6.33 Å². The lowest BCUT2D eigenvalue weighted by molar-refractivity contribution is -0.133. The van der Waals surface area contributed by atoms with Crippen LogP contribution in [0.4, 0.5) is 17.5 Å². The standard InChI is InChI=1S/C21H23Cl2N7O/c1-30(2)20(31)12-3-5-13(6-4-12)28-21-24-10-17-18(29-21)19(26-11-25-17)27-14-7-8-15(22)16(23)9-14/h7-13H,3-6H2,1-2H3,(H,24,28,29)(H,25,26,27)/t12-,13-. The topological polar surface area (TPSA) is 95.9 Å². The van der Waals surface area contributed by atoms with Gasteiger partial charge < -0.3 is 15.5 Å². The number of carbonyl (C=O) groups excluding carboxylic acids is 1. The van der Waals surface area contributed by atoms with E-state index in [-0.39, 0.29) is 17.9 Å². The predicted octanol–water partition coefficient (Wildman–Crippen LogP) is 4.53. The van der Waals surface area contributed by atoms with Gasteiger partial charge in [0.1, 0.15) is 17.4 Å². The number of hydrogen-bond acceptors (Lipinski definition) is 7. The molecule has 2 aromatic heterocycles. The minimum atomic E-state index is 0.0981. The number of carbonyl (C=O) groups is 1. The van der Waals surface area contributed by atoms with Crippen molar-refractivity contribution in [3.05, 3.63) is 40.8 Å². The summed E-state index contributed by atoms with van der Waals surface area (Å²) >= 11 is 12.1. The number of amides is 1. The molecule has 1 aliphatic carbocycles. The molecule has 10 heteroatoms. The van der Waals surface area contributed by atoms with E-state index < -0.39 is 0 Å². The van der Waals surface area contributed by atoms with E-state index in [2.05, 4.69) is 30.6 Å². The van der Waals surface area contributed by atoms with Crippen molar-refractivity contribution in [2.45, 2.75) is 31.7 Å². The Labute approximate surface area is 190 Å². The number of nitrogens with one attached hydrogen (secondary N) is 2. The van der Waals surface area contributed by atoms with Crippen LogP contribution in [0.3, 0.4) is 0 Å². The Morgan fingerprint density at radius 2 is 1.84 bits per heavy atom. The Kier molecular flexibility index (Phi) is 6.38. The molecule has 0 saturated heterocycles. The molecule has 1 aliphatic rings. The highest BCUT2D eigenvalue weighted by Crippen LogP contribution is 2.29. The molecule has 0 unspecified atom stereocenters. The van der Waals surface area contributed by atoms with Crippen LogP contribution in [-0.4, -0.2) is 50.9 Å². The van der Waals surface area contributed by atoms with E-state index in [4.69, 9.17) is 23.2 Å². The summed E-state index contributed by atoms with van der Waals surface area (Å²) in [6, 6.07) is 5.48. The first kappa shape index (κ1) is 21.5. The second-order valence-corrected chi connectivity index (χ2v) is 8.64. The fraction of sp³-hybridized carbons (Fsp3) is 0.381. The fourth-order valence-corrected chi connectivity index (χ4v) is 4.06. The Bertz CT molecular complexity index is 1100. The molecule has 2 heterocycles. The van der Waals surface area contributed by atoms with Gasteiger partial charge in [-0.05, 0) is 43.9 Å². The number of nitrogens with zero attached hydrogens (tertiary/aromatic N) is 5. The van der Waals surface area contributed by atoms with Gasteiger partial charge in [-0.25, -0.2) is 19.9 Å². The molecule has 0 radical (unpaired) electrons. The van der Waals surface area contributed by atoms with Crippen molar-refractivity contribution in [1.82, 2.24) is 24.8 Å². The molecular formula is C21H23Cl2N7O. The molecule has 0 aliphatic heterocycles. The van der Waals surface area contributed by atoms with Crippen LogP contribution in [0.5, 0.6) is 0 Å². The summed E-state index contributed by atoms with van der Waals surface area (Å²) < 4.78 is 0.